The van der Waals surface area contributed by atoms with Crippen LogP contribution in [0.3, 0.4) is 0 Å². The number of hydrogen-bond donors (Lipinski definition) is 2. The molecule has 0 aliphatic carbocycles. The Hall–Kier alpha value is -2.83. The monoisotopic (exact) mass is 344 g/mol. The summed E-state index contributed by atoms with van der Waals surface area (Å²) < 4.78 is 10.8. The minimum Gasteiger partial charge on any atom is -0.481 e. The number of amides is 1. The number of nitrogens with zero attached hydrogens (tertiary/aromatic N) is 2. The predicted octanol–water partition coefficient (Wildman–Crippen LogP) is 2.83. The van der Waals surface area contributed by atoms with Crippen molar-refractivity contribution in [2.45, 2.75) is 39.7 Å². The van der Waals surface area contributed by atoms with E-state index in [0.717, 1.165) is 11.1 Å². The summed E-state index contributed by atoms with van der Waals surface area (Å²) in [4.78, 5) is 20.3. The molecular weight excluding hydrogens is 320 g/mol. The second-order valence-corrected chi connectivity index (χ2v) is 5.98. The van der Waals surface area contributed by atoms with Gasteiger partial charge in [-0.2, -0.15) is 4.98 Å². The van der Waals surface area contributed by atoms with E-state index in [-0.39, 0.29) is 11.9 Å². The van der Waals surface area contributed by atoms with Crippen LogP contribution in [0.15, 0.2) is 30.5 Å². The van der Waals surface area contributed by atoms with Gasteiger partial charge in [-0.3, -0.25) is 15.6 Å². The van der Waals surface area contributed by atoms with Crippen molar-refractivity contribution in [3.8, 4) is 11.6 Å². The van der Waals surface area contributed by atoms with Crippen LogP contribution in [0, 0.1) is 6.92 Å². The van der Waals surface area contributed by atoms with Crippen molar-refractivity contribution in [3.63, 3.8) is 0 Å². The van der Waals surface area contributed by atoms with Crippen LogP contribution in [0.2, 0.25) is 0 Å². The van der Waals surface area contributed by atoms with Crippen LogP contribution < -0.4 is 20.3 Å². The second-order valence-electron chi connectivity index (χ2n) is 5.98. The molecule has 0 saturated carbocycles. The second kappa shape index (κ2) is 8.32. The minimum atomic E-state index is -0.681. The fourth-order valence-electron chi connectivity index (χ4n) is 2.08. The Bertz CT molecular complexity index is 734. The molecule has 0 radical (unpaired) electrons. The molecule has 7 nitrogen and oxygen atoms in total. The van der Waals surface area contributed by atoms with Gasteiger partial charge in [0.2, 0.25) is 11.8 Å². The molecule has 0 spiro atoms. The molecule has 1 atom stereocenters. The topological polar surface area (TPSA) is 85.4 Å². The number of aromatic nitrogens is 2. The van der Waals surface area contributed by atoms with Gasteiger partial charge in [-0.25, -0.2) is 4.98 Å². The highest BCUT2D eigenvalue weighted by molar-refractivity contribution is 5.81. The van der Waals surface area contributed by atoms with Gasteiger partial charge in [0.15, 0.2) is 6.10 Å². The Morgan fingerprint density at radius 1 is 1.20 bits per heavy atom. The summed E-state index contributed by atoms with van der Waals surface area (Å²) in [6.45, 7) is 7.86. The van der Waals surface area contributed by atoms with Crippen molar-refractivity contribution in [1.29, 1.82) is 0 Å². The number of carbonyl (C=O) groups is 1. The first kappa shape index (κ1) is 18.5. The smallest absolute Gasteiger partial charge is 0.279 e. The quantitative estimate of drug-likeness (QED) is 0.751. The molecule has 1 amide bonds. The number of methoxy groups -OCH3 is 1. The van der Waals surface area contributed by atoms with Crippen LogP contribution in [0.1, 0.15) is 37.8 Å². The zero-order chi connectivity index (χ0) is 18.4. The number of carbonyl (C=O) groups excluding carboxylic acids is 1. The van der Waals surface area contributed by atoms with Gasteiger partial charge in [-0.1, -0.05) is 26.0 Å². The molecule has 134 valence electrons. The number of anilines is 1. The number of benzene rings is 1. The number of hydrazine groups is 1. The summed E-state index contributed by atoms with van der Waals surface area (Å²) in [5, 5.41) is 0. The molecule has 7 heteroatoms. The van der Waals surface area contributed by atoms with E-state index in [1.165, 1.54) is 13.3 Å². The number of nitrogens with one attached hydrogen (secondary N) is 2. The summed E-state index contributed by atoms with van der Waals surface area (Å²) >= 11 is 0. The third-order valence-corrected chi connectivity index (χ3v) is 3.69. The fourth-order valence-corrected chi connectivity index (χ4v) is 2.08. The lowest BCUT2D eigenvalue weighted by Crippen LogP contribution is -2.40. The predicted molar refractivity (Wildman–Crippen MR) is 95.7 cm³/mol. The van der Waals surface area contributed by atoms with Crippen LogP contribution in [0.5, 0.6) is 11.6 Å². The van der Waals surface area contributed by atoms with Crippen molar-refractivity contribution in [1.82, 2.24) is 15.4 Å². The average Bonchev–Trinajstić information content (AvgIpc) is 2.61. The lowest BCUT2D eigenvalue weighted by atomic mass is 10.0. The van der Waals surface area contributed by atoms with Crippen LogP contribution in [0.25, 0.3) is 0 Å². The molecule has 0 fully saturated rings. The number of rotatable bonds is 7. The molecule has 1 unspecified atom stereocenters. The molecule has 0 bridgehead atoms. The standard InChI is InChI=1S/C18H24N4O3/c1-11(2)14-7-6-12(3)15(10-14)25-13(4)17(23)21-22-18-19-9-8-16(20-18)24-5/h6-11,13H,1-5H3,(H,21,23)(H,19,20,22). The van der Waals surface area contributed by atoms with Crippen LogP contribution in [0.4, 0.5) is 5.95 Å². The summed E-state index contributed by atoms with van der Waals surface area (Å²) in [6.07, 6.45) is 0.848. The molecule has 0 aliphatic rings. The first-order valence-electron chi connectivity index (χ1n) is 8.10. The Labute approximate surface area is 147 Å². The zero-order valence-electron chi connectivity index (χ0n) is 15.2. The molecule has 1 aromatic carbocycles. The maximum atomic E-state index is 12.2. The van der Waals surface area contributed by atoms with Gasteiger partial charge >= 0.3 is 0 Å². The van der Waals surface area contributed by atoms with Gasteiger partial charge < -0.3 is 9.47 Å². The summed E-state index contributed by atoms with van der Waals surface area (Å²) in [6, 6.07) is 7.66. The van der Waals surface area contributed by atoms with E-state index < -0.39 is 6.10 Å². The summed E-state index contributed by atoms with van der Waals surface area (Å²) in [7, 11) is 1.51. The molecule has 1 aromatic heterocycles. The van der Waals surface area contributed by atoms with Crippen molar-refractivity contribution < 1.29 is 14.3 Å². The minimum absolute atomic E-state index is 0.234. The molecule has 1 heterocycles. The normalized spacial score (nSPS) is 11.8. The van der Waals surface area contributed by atoms with Crippen molar-refractivity contribution in [3.05, 3.63) is 41.6 Å². The molecule has 0 saturated heterocycles. The van der Waals surface area contributed by atoms with E-state index in [1.807, 2.05) is 19.1 Å². The third-order valence-electron chi connectivity index (χ3n) is 3.69. The average molecular weight is 344 g/mol. The third kappa shape index (κ3) is 5.07. The maximum absolute atomic E-state index is 12.2. The molecule has 2 N–H and O–H groups in total. The van der Waals surface area contributed by atoms with Crippen LogP contribution >= 0.6 is 0 Å². The highest BCUT2D eigenvalue weighted by Gasteiger charge is 2.16. The Morgan fingerprint density at radius 3 is 2.64 bits per heavy atom. The highest BCUT2D eigenvalue weighted by atomic mass is 16.5. The summed E-state index contributed by atoms with van der Waals surface area (Å²) in [5.74, 6) is 1.39. The van der Waals surface area contributed by atoms with Gasteiger partial charge in [0, 0.05) is 12.3 Å². The van der Waals surface area contributed by atoms with E-state index in [1.54, 1.807) is 13.0 Å². The molecule has 2 aromatic rings. The van der Waals surface area contributed by atoms with Crippen molar-refractivity contribution >= 4 is 11.9 Å². The van der Waals surface area contributed by atoms with E-state index in [2.05, 4.69) is 40.7 Å². The molecule has 2 rings (SSSR count). The Kier molecular flexibility index (Phi) is 6.16. The highest BCUT2D eigenvalue weighted by Crippen LogP contribution is 2.25. The zero-order valence-corrected chi connectivity index (χ0v) is 15.2. The fraction of sp³-hybridized carbons (Fsp3) is 0.389. The van der Waals surface area contributed by atoms with E-state index >= 15 is 0 Å². The Morgan fingerprint density at radius 2 is 1.96 bits per heavy atom. The Balaban J connectivity index is 1.97. The van der Waals surface area contributed by atoms with Crippen molar-refractivity contribution in [2.75, 3.05) is 12.5 Å². The van der Waals surface area contributed by atoms with E-state index in [4.69, 9.17) is 9.47 Å². The molecule has 25 heavy (non-hydrogen) atoms. The number of ether oxygens (including phenoxy) is 2. The van der Waals surface area contributed by atoms with Crippen LogP contribution in [-0.4, -0.2) is 29.1 Å². The lowest BCUT2D eigenvalue weighted by molar-refractivity contribution is -0.126. The SMILES string of the molecule is COc1ccnc(NNC(=O)C(C)Oc2cc(C(C)C)ccc2C)n1. The van der Waals surface area contributed by atoms with Crippen LogP contribution in [-0.2, 0) is 4.79 Å². The number of hydrogen-bond acceptors (Lipinski definition) is 6. The number of aryl methyl sites for hydroxylation is 1. The van der Waals surface area contributed by atoms with Gasteiger partial charge in [0.1, 0.15) is 5.75 Å². The van der Waals surface area contributed by atoms with Gasteiger partial charge in [-0.15, -0.1) is 0 Å². The van der Waals surface area contributed by atoms with Crippen molar-refractivity contribution in [2.24, 2.45) is 0 Å². The van der Waals surface area contributed by atoms with E-state index in [0.29, 0.717) is 17.5 Å². The largest absolute Gasteiger partial charge is 0.481 e. The lowest BCUT2D eigenvalue weighted by Gasteiger charge is -2.18. The van der Waals surface area contributed by atoms with Gasteiger partial charge in [0.05, 0.1) is 7.11 Å². The van der Waals surface area contributed by atoms with E-state index in [9.17, 15) is 4.79 Å². The first-order valence-corrected chi connectivity index (χ1v) is 8.10. The van der Waals surface area contributed by atoms with Gasteiger partial charge in [0.25, 0.3) is 5.91 Å². The van der Waals surface area contributed by atoms with Gasteiger partial charge in [-0.05, 0) is 37.0 Å². The summed E-state index contributed by atoms with van der Waals surface area (Å²) in [5.41, 5.74) is 7.32. The maximum Gasteiger partial charge on any atom is 0.279 e. The molecule has 0 aliphatic heterocycles. The molecular formula is C18H24N4O3. The first-order chi connectivity index (χ1) is 11.9.